The first-order valence-electron chi connectivity index (χ1n) is 8.29. The smallest absolute Gasteiger partial charge is 0.225 e. The number of nitrogens with two attached hydrogens (primary N) is 1. The molecule has 0 aliphatic carbocycles. The van der Waals surface area contributed by atoms with Gasteiger partial charge in [-0.15, -0.1) is 0 Å². The minimum atomic E-state index is 0.119. The van der Waals surface area contributed by atoms with Gasteiger partial charge in [-0.25, -0.2) is 4.98 Å². The van der Waals surface area contributed by atoms with Crippen LogP contribution < -0.4 is 11.1 Å². The Morgan fingerprint density at radius 2 is 1.88 bits per heavy atom. The third-order valence-corrected chi connectivity index (χ3v) is 4.61. The highest BCUT2D eigenvalue weighted by Crippen LogP contribution is 2.19. The van der Waals surface area contributed by atoms with Crippen LogP contribution in [-0.2, 0) is 12.8 Å². The van der Waals surface area contributed by atoms with Crippen molar-refractivity contribution in [3.63, 3.8) is 0 Å². The minimum absolute atomic E-state index is 0.119. The van der Waals surface area contributed by atoms with Crippen molar-refractivity contribution < 1.29 is 0 Å². The van der Waals surface area contributed by atoms with Crippen molar-refractivity contribution in [3.05, 3.63) is 82.0 Å². The van der Waals surface area contributed by atoms with Gasteiger partial charge >= 0.3 is 0 Å². The van der Waals surface area contributed by atoms with Crippen molar-refractivity contribution in [1.29, 1.82) is 0 Å². The first kappa shape index (κ1) is 17.4. The van der Waals surface area contributed by atoms with Crippen LogP contribution >= 0.6 is 15.9 Å². The van der Waals surface area contributed by atoms with E-state index in [4.69, 9.17) is 5.73 Å². The molecule has 25 heavy (non-hydrogen) atoms. The van der Waals surface area contributed by atoms with Gasteiger partial charge in [0, 0.05) is 16.2 Å². The standard InChI is InChI=1S/C20H21BrN4/c1-14(16-7-3-2-4-8-16)24-20-23-13-17(19(22)25-20)11-10-15-6-5-9-18(21)12-15/h2-9,12-14H,10-11H2,1H3,(H3,22,23,24,25). The van der Waals surface area contributed by atoms with Crippen molar-refractivity contribution in [3.8, 4) is 0 Å². The number of halogens is 1. The van der Waals surface area contributed by atoms with E-state index in [2.05, 4.69) is 62.4 Å². The molecule has 2 aromatic carbocycles. The average molecular weight is 397 g/mol. The largest absolute Gasteiger partial charge is 0.383 e. The Hall–Kier alpha value is -2.40. The highest BCUT2D eigenvalue weighted by Gasteiger charge is 2.09. The van der Waals surface area contributed by atoms with Gasteiger partial charge in [0.15, 0.2) is 0 Å². The van der Waals surface area contributed by atoms with E-state index in [-0.39, 0.29) is 6.04 Å². The summed E-state index contributed by atoms with van der Waals surface area (Å²) < 4.78 is 1.09. The maximum absolute atomic E-state index is 6.13. The molecule has 5 heteroatoms. The number of anilines is 2. The summed E-state index contributed by atoms with van der Waals surface area (Å²) in [6, 6.07) is 18.6. The molecule has 0 fully saturated rings. The van der Waals surface area contributed by atoms with Crippen LogP contribution in [-0.4, -0.2) is 9.97 Å². The summed E-state index contributed by atoms with van der Waals surface area (Å²) in [5.41, 5.74) is 9.54. The van der Waals surface area contributed by atoms with Gasteiger partial charge in [0.1, 0.15) is 5.82 Å². The fraction of sp³-hybridized carbons (Fsp3) is 0.200. The second kappa shape index (κ2) is 8.12. The molecule has 3 rings (SSSR count). The average Bonchev–Trinajstić information content (AvgIpc) is 2.62. The third-order valence-electron chi connectivity index (χ3n) is 4.12. The monoisotopic (exact) mass is 396 g/mol. The van der Waals surface area contributed by atoms with Crippen LogP contribution in [0.2, 0.25) is 0 Å². The van der Waals surface area contributed by atoms with Gasteiger partial charge < -0.3 is 11.1 Å². The maximum atomic E-state index is 6.13. The highest BCUT2D eigenvalue weighted by molar-refractivity contribution is 9.10. The van der Waals surface area contributed by atoms with E-state index in [1.165, 1.54) is 11.1 Å². The summed E-state index contributed by atoms with van der Waals surface area (Å²) in [5.74, 6) is 1.09. The Kier molecular flexibility index (Phi) is 5.66. The van der Waals surface area contributed by atoms with Crippen molar-refractivity contribution in [1.82, 2.24) is 9.97 Å². The number of hydrogen-bond donors (Lipinski definition) is 2. The predicted octanol–water partition coefficient (Wildman–Crippen LogP) is 4.78. The molecule has 0 radical (unpaired) electrons. The molecule has 1 atom stereocenters. The lowest BCUT2D eigenvalue weighted by Gasteiger charge is -2.15. The first-order valence-corrected chi connectivity index (χ1v) is 9.08. The van der Waals surface area contributed by atoms with Gasteiger partial charge in [0.05, 0.1) is 6.04 Å². The number of benzene rings is 2. The Morgan fingerprint density at radius 3 is 2.60 bits per heavy atom. The number of nitrogen functional groups attached to an aromatic ring is 1. The molecule has 3 aromatic rings. The molecule has 1 heterocycles. The maximum Gasteiger partial charge on any atom is 0.225 e. The summed E-state index contributed by atoms with van der Waals surface area (Å²) in [7, 11) is 0. The van der Waals surface area contributed by atoms with Gasteiger partial charge in [-0.2, -0.15) is 4.98 Å². The molecule has 1 unspecified atom stereocenters. The van der Waals surface area contributed by atoms with E-state index in [0.29, 0.717) is 11.8 Å². The van der Waals surface area contributed by atoms with Crippen LogP contribution in [0, 0.1) is 0 Å². The molecule has 0 saturated heterocycles. The molecular formula is C20H21BrN4. The van der Waals surface area contributed by atoms with Crippen molar-refractivity contribution >= 4 is 27.7 Å². The Labute approximate surface area is 156 Å². The van der Waals surface area contributed by atoms with Crippen molar-refractivity contribution in [2.24, 2.45) is 0 Å². The van der Waals surface area contributed by atoms with Gasteiger partial charge in [-0.1, -0.05) is 58.4 Å². The van der Waals surface area contributed by atoms with Crippen LogP contribution in [0.25, 0.3) is 0 Å². The lowest BCUT2D eigenvalue weighted by atomic mass is 10.1. The zero-order valence-corrected chi connectivity index (χ0v) is 15.7. The lowest BCUT2D eigenvalue weighted by Crippen LogP contribution is -2.11. The van der Waals surface area contributed by atoms with Gasteiger partial charge in [-0.3, -0.25) is 0 Å². The van der Waals surface area contributed by atoms with Gasteiger partial charge in [0.2, 0.25) is 5.95 Å². The van der Waals surface area contributed by atoms with E-state index in [1.807, 2.05) is 36.5 Å². The minimum Gasteiger partial charge on any atom is -0.383 e. The van der Waals surface area contributed by atoms with Crippen molar-refractivity contribution in [2.75, 3.05) is 11.1 Å². The number of nitrogens with one attached hydrogen (secondary N) is 1. The van der Waals surface area contributed by atoms with E-state index in [1.54, 1.807) is 0 Å². The van der Waals surface area contributed by atoms with Gasteiger partial charge in [0.25, 0.3) is 0 Å². The first-order chi connectivity index (χ1) is 12.1. The quantitative estimate of drug-likeness (QED) is 0.629. The Bertz CT molecular complexity index is 836. The summed E-state index contributed by atoms with van der Waals surface area (Å²) in [6.07, 6.45) is 3.54. The molecule has 0 aliphatic heterocycles. The SMILES string of the molecule is CC(Nc1ncc(CCc2cccc(Br)c2)c(N)n1)c1ccccc1. The topological polar surface area (TPSA) is 63.8 Å². The fourth-order valence-electron chi connectivity index (χ4n) is 2.67. The van der Waals surface area contributed by atoms with Crippen LogP contribution in [0.1, 0.15) is 29.7 Å². The normalized spacial score (nSPS) is 11.9. The summed E-state index contributed by atoms with van der Waals surface area (Å²) in [4.78, 5) is 8.84. The predicted molar refractivity (Wildman–Crippen MR) is 106 cm³/mol. The fourth-order valence-corrected chi connectivity index (χ4v) is 3.12. The van der Waals surface area contributed by atoms with Crippen LogP contribution in [0.3, 0.4) is 0 Å². The molecular weight excluding hydrogens is 376 g/mol. The lowest BCUT2D eigenvalue weighted by molar-refractivity contribution is 0.855. The number of aryl methyl sites for hydroxylation is 2. The second-order valence-corrected chi connectivity index (χ2v) is 6.93. The van der Waals surface area contributed by atoms with Crippen LogP contribution in [0.4, 0.5) is 11.8 Å². The van der Waals surface area contributed by atoms with Crippen LogP contribution in [0.15, 0.2) is 65.3 Å². The number of hydrogen-bond acceptors (Lipinski definition) is 4. The zero-order valence-electron chi connectivity index (χ0n) is 14.1. The summed E-state index contributed by atoms with van der Waals surface area (Å²) >= 11 is 3.50. The summed E-state index contributed by atoms with van der Waals surface area (Å²) in [5, 5.41) is 3.30. The molecule has 0 aliphatic rings. The van der Waals surface area contributed by atoms with E-state index in [0.717, 1.165) is 22.9 Å². The Balaban J connectivity index is 1.64. The molecule has 1 aromatic heterocycles. The molecule has 0 saturated carbocycles. The number of nitrogens with zero attached hydrogens (tertiary/aromatic N) is 2. The van der Waals surface area contributed by atoms with Crippen molar-refractivity contribution in [2.45, 2.75) is 25.8 Å². The molecule has 128 valence electrons. The van der Waals surface area contributed by atoms with Gasteiger partial charge in [-0.05, 0) is 43.0 Å². The Morgan fingerprint density at radius 1 is 1.08 bits per heavy atom. The summed E-state index contributed by atoms with van der Waals surface area (Å²) in [6.45, 7) is 2.08. The molecule has 3 N–H and O–H groups in total. The molecule has 0 amide bonds. The van der Waals surface area contributed by atoms with E-state index >= 15 is 0 Å². The highest BCUT2D eigenvalue weighted by atomic mass is 79.9. The van der Waals surface area contributed by atoms with Crippen LogP contribution in [0.5, 0.6) is 0 Å². The number of rotatable bonds is 6. The van der Waals surface area contributed by atoms with E-state index in [9.17, 15) is 0 Å². The molecule has 4 nitrogen and oxygen atoms in total. The molecule has 0 bridgehead atoms. The van der Waals surface area contributed by atoms with E-state index < -0.39 is 0 Å². The molecule has 0 spiro atoms. The third kappa shape index (κ3) is 4.79. The second-order valence-electron chi connectivity index (χ2n) is 6.01. The number of aromatic nitrogens is 2. The zero-order chi connectivity index (χ0) is 17.6.